The summed E-state index contributed by atoms with van der Waals surface area (Å²) in [6, 6.07) is 6.06. The smallest absolute Gasteiger partial charge is 0.283 e. The molecule has 0 saturated heterocycles. The van der Waals surface area contributed by atoms with Crippen LogP contribution >= 0.6 is 15.9 Å². The second kappa shape index (κ2) is 6.13. The largest absolute Gasteiger partial charge is 0.381 e. The van der Waals surface area contributed by atoms with Crippen molar-refractivity contribution in [3.8, 4) is 0 Å². The van der Waals surface area contributed by atoms with E-state index in [0.717, 1.165) is 12.1 Å². The molecule has 0 fully saturated rings. The first kappa shape index (κ1) is 15.3. The predicted molar refractivity (Wildman–Crippen MR) is 74.4 cm³/mol. The predicted octanol–water partition coefficient (Wildman–Crippen LogP) is 4.39. The molecule has 0 aliphatic carbocycles. The van der Waals surface area contributed by atoms with Gasteiger partial charge in [0.15, 0.2) is 17.5 Å². The van der Waals surface area contributed by atoms with Gasteiger partial charge in [-0.15, -0.1) is 0 Å². The van der Waals surface area contributed by atoms with E-state index in [2.05, 4.69) is 21.2 Å². The van der Waals surface area contributed by atoms with Crippen molar-refractivity contribution in [3.63, 3.8) is 0 Å². The molecular weight excluding hydrogens is 353 g/mol. The van der Waals surface area contributed by atoms with Crippen LogP contribution in [0.2, 0.25) is 0 Å². The molecule has 0 aliphatic heterocycles. The van der Waals surface area contributed by atoms with Gasteiger partial charge in [0.1, 0.15) is 0 Å². The molecule has 4 nitrogen and oxygen atoms in total. The highest BCUT2D eigenvalue weighted by Gasteiger charge is 2.13. The summed E-state index contributed by atoms with van der Waals surface area (Å²) in [5.41, 5.74) is 0.456. The van der Waals surface area contributed by atoms with E-state index in [9.17, 15) is 23.3 Å². The molecule has 0 aromatic heterocycles. The molecule has 2 aromatic carbocycles. The number of benzene rings is 2. The summed E-state index contributed by atoms with van der Waals surface area (Å²) in [5.74, 6) is -4.15. The van der Waals surface area contributed by atoms with Crippen molar-refractivity contribution in [2.45, 2.75) is 6.54 Å². The molecule has 0 bridgehead atoms. The minimum atomic E-state index is -1.54. The summed E-state index contributed by atoms with van der Waals surface area (Å²) in [6.45, 7) is 0.0959. The first-order chi connectivity index (χ1) is 9.88. The van der Waals surface area contributed by atoms with Gasteiger partial charge in [0, 0.05) is 30.4 Å². The Morgan fingerprint density at radius 1 is 1.14 bits per heavy atom. The van der Waals surface area contributed by atoms with Crippen LogP contribution in [0, 0.1) is 27.6 Å². The molecule has 110 valence electrons. The normalized spacial score (nSPS) is 10.5. The third kappa shape index (κ3) is 3.52. The molecule has 0 aliphatic rings. The Morgan fingerprint density at radius 3 is 2.33 bits per heavy atom. The van der Waals surface area contributed by atoms with Crippen LogP contribution in [0.15, 0.2) is 34.8 Å². The Bertz CT molecular complexity index is 687. The number of nitrogens with one attached hydrogen (secondary N) is 1. The third-order valence-corrected chi connectivity index (χ3v) is 3.36. The van der Waals surface area contributed by atoms with Gasteiger partial charge < -0.3 is 5.32 Å². The van der Waals surface area contributed by atoms with Crippen LogP contribution in [-0.4, -0.2) is 4.92 Å². The molecule has 21 heavy (non-hydrogen) atoms. The van der Waals surface area contributed by atoms with E-state index >= 15 is 0 Å². The van der Waals surface area contributed by atoms with Crippen molar-refractivity contribution in [3.05, 3.63) is 67.9 Å². The average Bonchev–Trinajstić information content (AvgIpc) is 2.43. The summed E-state index contributed by atoms with van der Waals surface area (Å²) in [7, 11) is 0. The Kier molecular flexibility index (Phi) is 4.46. The molecule has 0 heterocycles. The lowest BCUT2D eigenvalue weighted by Crippen LogP contribution is -2.02. The van der Waals surface area contributed by atoms with E-state index in [4.69, 9.17) is 0 Å². The number of nitro benzene ring substituents is 1. The second-order valence-corrected chi connectivity index (χ2v) is 5.00. The minimum absolute atomic E-state index is 0.0389. The van der Waals surface area contributed by atoms with E-state index in [1.165, 1.54) is 12.1 Å². The maximum atomic E-state index is 13.0. The summed E-state index contributed by atoms with van der Waals surface area (Å²) in [6.07, 6.45) is 0. The molecule has 8 heteroatoms. The first-order valence-electron chi connectivity index (χ1n) is 5.69. The van der Waals surface area contributed by atoms with Crippen molar-refractivity contribution >= 4 is 27.3 Å². The van der Waals surface area contributed by atoms with Crippen LogP contribution in [0.3, 0.4) is 0 Å². The van der Waals surface area contributed by atoms with Gasteiger partial charge in [-0.1, -0.05) is 6.07 Å². The average molecular weight is 361 g/mol. The van der Waals surface area contributed by atoms with Gasteiger partial charge in [0.2, 0.25) is 0 Å². The maximum Gasteiger partial charge on any atom is 0.283 e. The SMILES string of the molecule is O=[N+]([O-])c1cc(CNc2cc(F)c(F)c(F)c2)ccc1Br. The summed E-state index contributed by atoms with van der Waals surface area (Å²) in [5, 5.41) is 13.5. The zero-order valence-corrected chi connectivity index (χ0v) is 12.0. The zero-order chi connectivity index (χ0) is 15.6. The van der Waals surface area contributed by atoms with Gasteiger partial charge in [-0.25, -0.2) is 13.2 Å². The molecule has 0 amide bonds. The van der Waals surface area contributed by atoms with Crippen molar-refractivity contribution in [1.82, 2.24) is 0 Å². The molecule has 0 radical (unpaired) electrons. The Morgan fingerprint density at radius 2 is 1.76 bits per heavy atom. The standard InChI is InChI=1S/C13H8BrF3N2O2/c14-9-2-1-7(3-12(9)19(20)21)6-18-8-4-10(15)13(17)11(16)5-8/h1-5,18H,6H2. The Labute approximate surface area is 125 Å². The second-order valence-electron chi connectivity index (χ2n) is 4.15. The number of rotatable bonds is 4. The molecule has 2 rings (SSSR count). The monoisotopic (exact) mass is 360 g/mol. The van der Waals surface area contributed by atoms with E-state index < -0.39 is 22.4 Å². The van der Waals surface area contributed by atoms with E-state index in [1.807, 2.05) is 0 Å². The highest BCUT2D eigenvalue weighted by molar-refractivity contribution is 9.10. The van der Waals surface area contributed by atoms with Crippen molar-refractivity contribution in [2.75, 3.05) is 5.32 Å². The number of hydrogen-bond donors (Lipinski definition) is 1. The van der Waals surface area contributed by atoms with Crippen LogP contribution < -0.4 is 5.32 Å². The Balaban J connectivity index is 2.17. The molecular formula is C13H8BrF3N2O2. The minimum Gasteiger partial charge on any atom is -0.381 e. The molecule has 0 atom stereocenters. The fourth-order valence-electron chi connectivity index (χ4n) is 1.67. The van der Waals surface area contributed by atoms with Crippen LogP contribution in [0.25, 0.3) is 0 Å². The fraction of sp³-hybridized carbons (Fsp3) is 0.0769. The highest BCUT2D eigenvalue weighted by atomic mass is 79.9. The highest BCUT2D eigenvalue weighted by Crippen LogP contribution is 2.26. The lowest BCUT2D eigenvalue weighted by atomic mass is 10.2. The third-order valence-electron chi connectivity index (χ3n) is 2.69. The number of nitro groups is 1. The first-order valence-corrected chi connectivity index (χ1v) is 6.49. The van der Waals surface area contributed by atoms with Gasteiger partial charge in [-0.3, -0.25) is 10.1 Å². The Hall–Kier alpha value is -2.09. The van der Waals surface area contributed by atoms with Crippen LogP contribution in [0.1, 0.15) is 5.56 Å². The molecule has 0 unspecified atom stereocenters. The number of halogens is 4. The van der Waals surface area contributed by atoms with Gasteiger partial charge in [0.25, 0.3) is 5.69 Å². The summed E-state index contributed by atoms with van der Waals surface area (Å²) in [4.78, 5) is 10.2. The van der Waals surface area contributed by atoms with Gasteiger partial charge in [-0.2, -0.15) is 0 Å². The maximum absolute atomic E-state index is 13.0. The molecule has 0 saturated carbocycles. The number of nitrogens with zero attached hydrogens (tertiary/aromatic N) is 1. The summed E-state index contributed by atoms with van der Waals surface area (Å²) >= 11 is 3.05. The molecule has 0 spiro atoms. The van der Waals surface area contributed by atoms with Crippen LogP contribution in [0.4, 0.5) is 24.5 Å². The number of hydrogen-bond acceptors (Lipinski definition) is 3. The van der Waals surface area contributed by atoms with E-state index in [0.29, 0.717) is 10.0 Å². The number of anilines is 1. The van der Waals surface area contributed by atoms with E-state index in [-0.39, 0.29) is 17.9 Å². The van der Waals surface area contributed by atoms with Crippen LogP contribution in [0.5, 0.6) is 0 Å². The van der Waals surface area contributed by atoms with Gasteiger partial charge in [0.05, 0.1) is 9.40 Å². The quantitative estimate of drug-likeness (QED) is 0.499. The molecule has 2 aromatic rings. The van der Waals surface area contributed by atoms with Crippen molar-refractivity contribution in [1.29, 1.82) is 0 Å². The topological polar surface area (TPSA) is 55.2 Å². The van der Waals surface area contributed by atoms with Crippen LogP contribution in [-0.2, 0) is 6.54 Å². The fourth-order valence-corrected chi connectivity index (χ4v) is 2.06. The zero-order valence-electron chi connectivity index (χ0n) is 10.4. The lowest BCUT2D eigenvalue weighted by Gasteiger charge is -2.08. The van der Waals surface area contributed by atoms with Crippen molar-refractivity contribution in [2.24, 2.45) is 0 Å². The van der Waals surface area contributed by atoms with Crippen molar-refractivity contribution < 1.29 is 18.1 Å². The van der Waals surface area contributed by atoms with Gasteiger partial charge >= 0.3 is 0 Å². The summed E-state index contributed by atoms with van der Waals surface area (Å²) < 4.78 is 39.2. The lowest BCUT2D eigenvalue weighted by molar-refractivity contribution is -0.385. The molecule has 1 N–H and O–H groups in total. The van der Waals surface area contributed by atoms with Gasteiger partial charge in [-0.05, 0) is 27.6 Å². The van der Waals surface area contributed by atoms with E-state index in [1.54, 1.807) is 6.07 Å².